The third kappa shape index (κ3) is 6.25. The van der Waals surface area contributed by atoms with Gasteiger partial charge < -0.3 is 10.1 Å². The summed E-state index contributed by atoms with van der Waals surface area (Å²) in [5.41, 5.74) is 0.354. The lowest BCUT2D eigenvalue weighted by atomic mass is 10.1. The van der Waals surface area contributed by atoms with E-state index in [2.05, 4.69) is 5.32 Å². The average molecular weight is 289 g/mol. The highest BCUT2D eigenvalue weighted by Gasteiger charge is 2.22. The predicted molar refractivity (Wildman–Crippen MR) is 83.2 cm³/mol. The third-order valence-corrected chi connectivity index (χ3v) is 2.51. The molecular formula is C17H23NO3. The Morgan fingerprint density at radius 2 is 1.71 bits per heavy atom. The van der Waals surface area contributed by atoms with E-state index in [0.717, 1.165) is 5.56 Å². The van der Waals surface area contributed by atoms with Crippen LogP contribution >= 0.6 is 0 Å². The summed E-state index contributed by atoms with van der Waals surface area (Å²) in [6, 6.07) is 9.32. The molecule has 1 amide bonds. The molecule has 0 radical (unpaired) electrons. The fourth-order valence-corrected chi connectivity index (χ4v) is 1.47. The summed E-state index contributed by atoms with van der Waals surface area (Å²) in [4.78, 5) is 24.1. The summed E-state index contributed by atoms with van der Waals surface area (Å²) < 4.78 is 5.33. The average Bonchev–Trinajstić information content (AvgIpc) is 2.36. The molecule has 114 valence electrons. The smallest absolute Gasteiger partial charge is 0.355 e. The topological polar surface area (TPSA) is 55.4 Å². The van der Waals surface area contributed by atoms with Gasteiger partial charge in [0.05, 0.1) is 0 Å². The first-order valence-electron chi connectivity index (χ1n) is 7.00. The van der Waals surface area contributed by atoms with Gasteiger partial charge in [-0.2, -0.15) is 0 Å². The normalized spacial score (nSPS) is 12.2. The van der Waals surface area contributed by atoms with Crippen LogP contribution < -0.4 is 5.32 Å². The van der Waals surface area contributed by atoms with E-state index in [1.807, 2.05) is 30.3 Å². The number of carbonyl (C=O) groups excluding carboxylic acids is 2. The van der Waals surface area contributed by atoms with E-state index in [1.54, 1.807) is 40.7 Å². The Morgan fingerprint density at radius 1 is 1.14 bits per heavy atom. The van der Waals surface area contributed by atoms with E-state index in [9.17, 15) is 9.59 Å². The molecule has 0 spiro atoms. The van der Waals surface area contributed by atoms with Crippen molar-refractivity contribution >= 4 is 18.0 Å². The lowest BCUT2D eigenvalue weighted by molar-refractivity contribution is -0.151. The van der Waals surface area contributed by atoms with Crippen LogP contribution in [0.3, 0.4) is 0 Å². The summed E-state index contributed by atoms with van der Waals surface area (Å²) in [6.07, 6.45) is 1.62. The minimum Gasteiger partial charge on any atom is -0.455 e. The van der Waals surface area contributed by atoms with Gasteiger partial charge in [-0.3, -0.25) is 4.79 Å². The van der Waals surface area contributed by atoms with Crippen molar-refractivity contribution in [1.29, 1.82) is 0 Å². The van der Waals surface area contributed by atoms with Crippen LogP contribution in [0, 0.1) is 5.92 Å². The maximum absolute atomic E-state index is 12.2. The molecule has 0 aliphatic heterocycles. The molecule has 0 aromatic heterocycles. The number of hydrogen-bond donors (Lipinski definition) is 1. The van der Waals surface area contributed by atoms with Gasteiger partial charge in [0.25, 0.3) is 0 Å². The van der Waals surface area contributed by atoms with Gasteiger partial charge in [-0.25, -0.2) is 4.79 Å². The Bertz CT molecular complexity index is 525. The van der Waals surface area contributed by atoms with Gasteiger partial charge >= 0.3 is 5.97 Å². The fraction of sp³-hybridized carbons (Fsp3) is 0.412. The summed E-state index contributed by atoms with van der Waals surface area (Å²) in [5.74, 6) is -0.977. The Kier molecular flexibility index (Phi) is 5.70. The van der Waals surface area contributed by atoms with Crippen LogP contribution in [0.4, 0.5) is 0 Å². The standard InChI is InChI=1S/C17H23NO3/c1-12(2)15(19)18-14(16(20)21-17(3,4)5)11-13-9-7-6-8-10-13/h6-12H,1-5H3,(H,18,19)/b14-11-. The van der Waals surface area contributed by atoms with Crippen molar-refractivity contribution in [2.75, 3.05) is 0 Å². The Hall–Kier alpha value is -2.10. The van der Waals surface area contributed by atoms with Crippen LogP contribution in [0.2, 0.25) is 0 Å². The minimum absolute atomic E-state index is 0.148. The van der Waals surface area contributed by atoms with E-state index in [-0.39, 0.29) is 17.5 Å². The number of ether oxygens (including phenoxy) is 1. The number of esters is 1. The molecule has 1 rings (SSSR count). The van der Waals surface area contributed by atoms with Gasteiger partial charge in [0.1, 0.15) is 11.3 Å². The number of rotatable bonds is 4. The van der Waals surface area contributed by atoms with Gasteiger partial charge in [0.2, 0.25) is 5.91 Å². The molecule has 4 nitrogen and oxygen atoms in total. The second-order valence-corrected chi connectivity index (χ2v) is 6.11. The number of hydrogen-bond acceptors (Lipinski definition) is 3. The Labute approximate surface area is 126 Å². The summed E-state index contributed by atoms with van der Waals surface area (Å²) in [5, 5.41) is 2.63. The molecule has 0 fully saturated rings. The zero-order chi connectivity index (χ0) is 16.0. The highest BCUT2D eigenvalue weighted by molar-refractivity contribution is 5.98. The second kappa shape index (κ2) is 7.07. The highest BCUT2D eigenvalue weighted by Crippen LogP contribution is 2.13. The van der Waals surface area contributed by atoms with Gasteiger partial charge in [-0.1, -0.05) is 44.2 Å². The van der Waals surface area contributed by atoms with Crippen molar-refractivity contribution in [3.8, 4) is 0 Å². The van der Waals surface area contributed by atoms with Crippen molar-refractivity contribution in [1.82, 2.24) is 5.32 Å². The monoisotopic (exact) mass is 289 g/mol. The van der Waals surface area contributed by atoms with Crippen LogP contribution in [0.15, 0.2) is 36.0 Å². The molecule has 0 saturated heterocycles. The number of nitrogens with one attached hydrogen (secondary N) is 1. The molecule has 21 heavy (non-hydrogen) atoms. The summed E-state index contributed by atoms with van der Waals surface area (Å²) in [6.45, 7) is 8.90. The zero-order valence-corrected chi connectivity index (χ0v) is 13.3. The number of benzene rings is 1. The molecule has 0 unspecified atom stereocenters. The predicted octanol–water partition coefficient (Wildman–Crippen LogP) is 3.14. The Morgan fingerprint density at radius 3 is 2.19 bits per heavy atom. The van der Waals surface area contributed by atoms with Crippen LogP contribution in [0.5, 0.6) is 0 Å². The quantitative estimate of drug-likeness (QED) is 0.684. The largest absolute Gasteiger partial charge is 0.455 e. The molecule has 1 aromatic rings. The first-order chi connectivity index (χ1) is 9.69. The van der Waals surface area contributed by atoms with Crippen LogP contribution in [0.25, 0.3) is 6.08 Å². The maximum atomic E-state index is 12.2. The second-order valence-electron chi connectivity index (χ2n) is 6.11. The molecule has 0 bridgehead atoms. The van der Waals surface area contributed by atoms with Gasteiger partial charge in [0, 0.05) is 5.92 Å². The molecule has 1 aromatic carbocycles. The van der Waals surface area contributed by atoms with Crippen LogP contribution in [-0.2, 0) is 14.3 Å². The van der Waals surface area contributed by atoms with E-state index in [4.69, 9.17) is 4.74 Å². The molecule has 0 aliphatic carbocycles. The summed E-state index contributed by atoms with van der Waals surface area (Å²) >= 11 is 0. The third-order valence-electron chi connectivity index (χ3n) is 2.51. The molecule has 0 atom stereocenters. The van der Waals surface area contributed by atoms with Crippen molar-refractivity contribution in [2.24, 2.45) is 5.92 Å². The zero-order valence-electron chi connectivity index (χ0n) is 13.3. The molecule has 0 aliphatic rings. The van der Waals surface area contributed by atoms with E-state index >= 15 is 0 Å². The highest BCUT2D eigenvalue weighted by atomic mass is 16.6. The lowest BCUT2D eigenvalue weighted by Gasteiger charge is -2.21. The van der Waals surface area contributed by atoms with Gasteiger partial charge in [0.15, 0.2) is 0 Å². The van der Waals surface area contributed by atoms with Gasteiger partial charge in [-0.05, 0) is 32.4 Å². The molecule has 0 saturated carbocycles. The maximum Gasteiger partial charge on any atom is 0.355 e. The first-order valence-corrected chi connectivity index (χ1v) is 7.00. The molecule has 1 N–H and O–H groups in total. The van der Waals surface area contributed by atoms with Crippen molar-refractivity contribution in [3.05, 3.63) is 41.6 Å². The van der Waals surface area contributed by atoms with Crippen LogP contribution in [0.1, 0.15) is 40.2 Å². The van der Waals surface area contributed by atoms with Crippen molar-refractivity contribution in [2.45, 2.75) is 40.2 Å². The SMILES string of the molecule is CC(C)C(=O)N/C(=C\c1ccccc1)C(=O)OC(C)(C)C. The van der Waals surface area contributed by atoms with Gasteiger partial charge in [-0.15, -0.1) is 0 Å². The van der Waals surface area contributed by atoms with E-state index in [1.165, 1.54) is 0 Å². The molecular weight excluding hydrogens is 266 g/mol. The number of amides is 1. The fourth-order valence-electron chi connectivity index (χ4n) is 1.47. The first kappa shape index (κ1) is 17.0. The van der Waals surface area contributed by atoms with Crippen molar-refractivity contribution < 1.29 is 14.3 Å². The van der Waals surface area contributed by atoms with Crippen LogP contribution in [-0.4, -0.2) is 17.5 Å². The van der Waals surface area contributed by atoms with E-state index in [0.29, 0.717) is 0 Å². The van der Waals surface area contributed by atoms with Crippen molar-refractivity contribution in [3.63, 3.8) is 0 Å². The number of carbonyl (C=O) groups is 2. The molecule has 0 heterocycles. The lowest BCUT2D eigenvalue weighted by Crippen LogP contribution is -2.34. The Balaban J connectivity index is 3.03. The van der Waals surface area contributed by atoms with E-state index < -0.39 is 11.6 Å². The molecule has 4 heteroatoms. The minimum atomic E-state index is -0.616. The summed E-state index contributed by atoms with van der Waals surface area (Å²) in [7, 11) is 0.